The Bertz CT molecular complexity index is 742. The lowest BCUT2D eigenvalue weighted by molar-refractivity contribution is -0.141. The van der Waals surface area contributed by atoms with Gasteiger partial charge in [-0.15, -0.1) is 0 Å². The van der Waals surface area contributed by atoms with E-state index >= 15 is 0 Å². The van der Waals surface area contributed by atoms with Crippen LogP contribution in [0.4, 0.5) is 0 Å². The van der Waals surface area contributed by atoms with Crippen molar-refractivity contribution in [3.8, 4) is 0 Å². The molecule has 0 saturated carbocycles. The van der Waals surface area contributed by atoms with E-state index in [0.717, 1.165) is 24.8 Å². The quantitative estimate of drug-likeness (QED) is 0.850. The van der Waals surface area contributed by atoms with Crippen LogP contribution in [0.25, 0.3) is 0 Å². The van der Waals surface area contributed by atoms with E-state index in [1.54, 1.807) is 0 Å². The first-order valence-corrected chi connectivity index (χ1v) is 8.77. The zero-order valence-electron chi connectivity index (χ0n) is 14.2. The summed E-state index contributed by atoms with van der Waals surface area (Å²) in [6.45, 7) is 0. The number of rotatable bonds is 6. The molecule has 2 atom stereocenters. The van der Waals surface area contributed by atoms with Crippen LogP contribution in [0.3, 0.4) is 0 Å². The fourth-order valence-electron chi connectivity index (χ4n) is 3.59. The molecule has 2 N–H and O–H groups in total. The molecule has 1 aliphatic carbocycles. The van der Waals surface area contributed by atoms with Crippen molar-refractivity contribution in [3.05, 3.63) is 71.3 Å². The second-order valence-electron chi connectivity index (χ2n) is 6.64. The lowest BCUT2D eigenvalue weighted by Crippen LogP contribution is -2.42. The van der Waals surface area contributed by atoms with Gasteiger partial charge in [0.2, 0.25) is 5.91 Å². The number of carboxylic acid groups (broad SMARTS) is 1. The molecule has 3 rings (SSSR count). The fraction of sp³-hybridized carbons (Fsp3) is 0.333. The van der Waals surface area contributed by atoms with Crippen LogP contribution in [0.2, 0.25) is 0 Å². The Hall–Kier alpha value is -2.62. The van der Waals surface area contributed by atoms with Crippen molar-refractivity contribution >= 4 is 11.9 Å². The van der Waals surface area contributed by atoms with Gasteiger partial charge in [-0.2, -0.15) is 0 Å². The summed E-state index contributed by atoms with van der Waals surface area (Å²) in [5.74, 6) is -1.01. The largest absolute Gasteiger partial charge is 0.480 e. The molecule has 0 heterocycles. The Kier molecular flexibility index (Phi) is 5.49. The Morgan fingerprint density at radius 1 is 1.08 bits per heavy atom. The van der Waals surface area contributed by atoms with Crippen molar-refractivity contribution in [2.75, 3.05) is 0 Å². The van der Waals surface area contributed by atoms with E-state index in [0.29, 0.717) is 12.8 Å². The molecule has 1 unspecified atom stereocenters. The van der Waals surface area contributed by atoms with Crippen molar-refractivity contribution in [2.45, 2.75) is 44.1 Å². The van der Waals surface area contributed by atoms with Crippen LogP contribution < -0.4 is 5.32 Å². The highest BCUT2D eigenvalue weighted by Crippen LogP contribution is 2.33. The number of hydrogen-bond acceptors (Lipinski definition) is 2. The van der Waals surface area contributed by atoms with Crippen LogP contribution in [0.1, 0.15) is 41.9 Å². The molecule has 4 nitrogen and oxygen atoms in total. The van der Waals surface area contributed by atoms with E-state index in [4.69, 9.17) is 0 Å². The summed E-state index contributed by atoms with van der Waals surface area (Å²) in [6.07, 6.45) is 3.74. The van der Waals surface area contributed by atoms with Crippen molar-refractivity contribution < 1.29 is 14.7 Å². The molecule has 0 spiro atoms. The number of fused-ring (bicyclic) bond motifs is 1. The van der Waals surface area contributed by atoms with Crippen LogP contribution >= 0.6 is 0 Å². The Morgan fingerprint density at radius 2 is 1.80 bits per heavy atom. The Balaban J connectivity index is 1.64. The number of carbonyl (C=O) groups excluding carboxylic acids is 1. The summed E-state index contributed by atoms with van der Waals surface area (Å²) in [7, 11) is 0. The van der Waals surface area contributed by atoms with E-state index in [-0.39, 0.29) is 11.8 Å². The number of hydrogen-bond donors (Lipinski definition) is 2. The molecular formula is C21H23NO3. The average Bonchev–Trinajstić information content (AvgIpc) is 2.62. The van der Waals surface area contributed by atoms with Gasteiger partial charge in [0.25, 0.3) is 0 Å². The van der Waals surface area contributed by atoms with Crippen molar-refractivity contribution in [1.29, 1.82) is 0 Å². The average molecular weight is 337 g/mol. The highest BCUT2D eigenvalue weighted by molar-refractivity contribution is 5.84. The van der Waals surface area contributed by atoms with Gasteiger partial charge >= 0.3 is 5.97 Å². The zero-order chi connectivity index (χ0) is 17.6. The molecule has 0 radical (unpaired) electrons. The van der Waals surface area contributed by atoms with Gasteiger partial charge < -0.3 is 10.4 Å². The zero-order valence-corrected chi connectivity index (χ0v) is 14.2. The molecule has 0 aromatic heterocycles. The van der Waals surface area contributed by atoms with Gasteiger partial charge in [-0.1, -0.05) is 54.6 Å². The monoisotopic (exact) mass is 337 g/mol. The molecule has 1 amide bonds. The highest BCUT2D eigenvalue weighted by atomic mass is 16.4. The molecule has 2 aromatic carbocycles. The maximum absolute atomic E-state index is 12.5. The number of aryl methyl sites for hydroxylation is 1. The normalized spacial score (nSPS) is 17.4. The van der Waals surface area contributed by atoms with Crippen molar-refractivity contribution in [2.24, 2.45) is 0 Å². The topological polar surface area (TPSA) is 66.4 Å². The minimum absolute atomic E-state index is 0.177. The van der Waals surface area contributed by atoms with Crippen LogP contribution in [0.5, 0.6) is 0 Å². The predicted octanol–water partition coefficient (Wildman–Crippen LogP) is 3.31. The van der Waals surface area contributed by atoms with Crippen LogP contribution in [-0.4, -0.2) is 23.0 Å². The predicted molar refractivity (Wildman–Crippen MR) is 96.5 cm³/mol. The van der Waals surface area contributed by atoms with Gasteiger partial charge in [0.1, 0.15) is 6.04 Å². The first kappa shape index (κ1) is 17.2. The second-order valence-corrected chi connectivity index (χ2v) is 6.64. The number of aliphatic carboxylic acids is 1. The minimum atomic E-state index is -0.999. The summed E-state index contributed by atoms with van der Waals surface area (Å²) < 4.78 is 0. The molecule has 4 heteroatoms. The molecule has 0 saturated heterocycles. The fourth-order valence-corrected chi connectivity index (χ4v) is 3.59. The first-order valence-electron chi connectivity index (χ1n) is 8.77. The third kappa shape index (κ3) is 4.47. The van der Waals surface area contributed by atoms with Gasteiger partial charge in [-0.25, -0.2) is 4.79 Å². The maximum atomic E-state index is 12.5. The summed E-state index contributed by atoms with van der Waals surface area (Å²) in [6, 6.07) is 16.7. The molecular weight excluding hydrogens is 314 g/mol. The van der Waals surface area contributed by atoms with E-state index in [1.165, 1.54) is 11.1 Å². The second kappa shape index (κ2) is 7.97. The standard InChI is InChI=1S/C21H23NO3/c23-20(14-17-11-6-10-16-9-4-5-12-18(16)17)22-19(21(24)25)13-15-7-2-1-3-8-15/h1-5,7-9,12,17,19H,6,10-11,13-14H2,(H,22,23)(H,24,25)/t17?,19-/m1/s1. The third-order valence-electron chi connectivity index (χ3n) is 4.84. The highest BCUT2D eigenvalue weighted by Gasteiger charge is 2.25. The third-order valence-corrected chi connectivity index (χ3v) is 4.84. The van der Waals surface area contributed by atoms with E-state index in [9.17, 15) is 14.7 Å². The van der Waals surface area contributed by atoms with Crippen LogP contribution in [0, 0.1) is 0 Å². The molecule has 0 bridgehead atoms. The van der Waals surface area contributed by atoms with Crippen LogP contribution in [0.15, 0.2) is 54.6 Å². The SMILES string of the molecule is O=C(CC1CCCc2ccccc21)N[C@H](Cc1ccccc1)C(=O)O. The van der Waals surface area contributed by atoms with Crippen molar-refractivity contribution in [1.82, 2.24) is 5.32 Å². The summed E-state index contributed by atoms with van der Waals surface area (Å²) >= 11 is 0. The van der Waals surface area contributed by atoms with E-state index in [1.807, 2.05) is 42.5 Å². The first-order chi connectivity index (χ1) is 12.1. The molecule has 1 aliphatic rings. The lowest BCUT2D eigenvalue weighted by atomic mass is 9.81. The number of nitrogens with one attached hydrogen (secondary N) is 1. The number of benzene rings is 2. The molecule has 0 aliphatic heterocycles. The van der Waals surface area contributed by atoms with Gasteiger partial charge in [0.05, 0.1) is 0 Å². The minimum Gasteiger partial charge on any atom is -0.480 e. The molecule has 130 valence electrons. The summed E-state index contributed by atoms with van der Waals surface area (Å²) in [5, 5.41) is 12.1. The van der Waals surface area contributed by atoms with Gasteiger partial charge in [-0.05, 0) is 41.9 Å². The maximum Gasteiger partial charge on any atom is 0.326 e. The van der Waals surface area contributed by atoms with Crippen LogP contribution in [-0.2, 0) is 22.4 Å². The van der Waals surface area contributed by atoms with E-state index < -0.39 is 12.0 Å². The van der Waals surface area contributed by atoms with Gasteiger partial charge in [0.15, 0.2) is 0 Å². The van der Waals surface area contributed by atoms with Crippen molar-refractivity contribution in [3.63, 3.8) is 0 Å². The summed E-state index contributed by atoms with van der Waals surface area (Å²) in [4.78, 5) is 24.0. The molecule has 2 aromatic rings. The van der Waals surface area contributed by atoms with E-state index in [2.05, 4.69) is 17.4 Å². The number of carboxylic acids is 1. The Labute approximate surface area is 147 Å². The Morgan fingerprint density at radius 3 is 2.56 bits per heavy atom. The summed E-state index contributed by atoms with van der Waals surface area (Å²) in [5.41, 5.74) is 3.45. The number of amides is 1. The lowest BCUT2D eigenvalue weighted by Gasteiger charge is -2.25. The van der Waals surface area contributed by atoms with Gasteiger partial charge in [0, 0.05) is 12.8 Å². The molecule has 0 fully saturated rings. The van der Waals surface area contributed by atoms with Gasteiger partial charge in [-0.3, -0.25) is 4.79 Å². The number of carbonyl (C=O) groups is 2. The molecule has 25 heavy (non-hydrogen) atoms. The smallest absolute Gasteiger partial charge is 0.326 e.